The highest BCUT2D eigenvalue weighted by Gasteiger charge is 2.35. The highest BCUT2D eigenvalue weighted by atomic mass is 16.6. The van der Waals surface area contributed by atoms with E-state index in [0.29, 0.717) is 30.5 Å². The Labute approximate surface area is 145 Å². The second kappa shape index (κ2) is 6.58. The molecule has 2 aromatic rings. The maximum absolute atomic E-state index is 12.7. The normalized spacial score (nSPS) is 21.9. The van der Waals surface area contributed by atoms with Crippen molar-refractivity contribution in [3.05, 3.63) is 42.1 Å². The van der Waals surface area contributed by atoms with Gasteiger partial charge in [-0.3, -0.25) is 4.79 Å². The summed E-state index contributed by atoms with van der Waals surface area (Å²) in [5.74, 6) is 1.69. The third-order valence-electron chi connectivity index (χ3n) is 4.30. The number of likely N-dealkylation sites (tertiary alicyclic amines) is 1. The lowest BCUT2D eigenvalue weighted by Gasteiger charge is -2.28. The molecule has 4 rings (SSSR count). The van der Waals surface area contributed by atoms with Gasteiger partial charge in [0.1, 0.15) is 12.7 Å². The minimum Gasteiger partial charge on any atom is -0.485 e. The van der Waals surface area contributed by atoms with Crippen molar-refractivity contribution in [3.63, 3.8) is 0 Å². The number of benzene rings is 1. The zero-order valence-electron chi connectivity index (χ0n) is 13.9. The first-order valence-electron chi connectivity index (χ1n) is 8.33. The number of aromatic nitrogens is 2. The molecule has 0 aliphatic carbocycles. The van der Waals surface area contributed by atoms with Crippen LogP contribution in [0.3, 0.4) is 0 Å². The molecule has 1 saturated heterocycles. The average molecular weight is 341 g/mol. The Hall–Kier alpha value is -2.83. The number of carbonyl (C=O) groups excluding carboxylic acids is 1. The fourth-order valence-corrected chi connectivity index (χ4v) is 2.99. The fourth-order valence-electron chi connectivity index (χ4n) is 2.99. The van der Waals surface area contributed by atoms with Crippen molar-refractivity contribution in [1.29, 1.82) is 0 Å². The third-order valence-corrected chi connectivity index (χ3v) is 4.30. The number of nitrogens with zero attached hydrogens (tertiary/aromatic N) is 3. The quantitative estimate of drug-likeness (QED) is 0.844. The van der Waals surface area contributed by atoms with E-state index in [0.717, 1.165) is 12.1 Å². The van der Waals surface area contributed by atoms with Gasteiger partial charge in [-0.1, -0.05) is 12.1 Å². The molecular weight excluding hydrogens is 322 g/mol. The van der Waals surface area contributed by atoms with Gasteiger partial charge in [-0.15, -0.1) is 5.10 Å². The van der Waals surface area contributed by atoms with Crippen LogP contribution in [0.1, 0.15) is 12.1 Å². The molecule has 1 aromatic carbocycles. The van der Waals surface area contributed by atoms with E-state index in [1.54, 1.807) is 17.0 Å². The SMILES string of the molecule is Cc1ccc(O[C@H]2CCN(C(=O)[C@H]3COc4ccccc4O3)C2)nn1. The monoisotopic (exact) mass is 341 g/mol. The molecule has 0 saturated carbocycles. The highest BCUT2D eigenvalue weighted by Crippen LogP contribution is 2.31. The largest absolute Gasteiger partial charge is 0.485 e. The summed E-state index contributed by atoms with van der Waals surface area (Å²) in [5.41, 5.74) is 0.838. The zero-order valence-corrected chi connectivity index (χ0v) is 13.9. The van der Waals surface area contributed by atoms with E-state index in [-0.39, 0.29) is 18.6 Å². The average Bonchev–Trinajstić information content (AvgIpc) is 3.11. The maximum Gasteiger partial charge on any atom is 0.267 e. The summed E-state index contributed by atoms with van der Waals surface area (Å²) in [4.78, 5) is 14.4. The Kier molecular flexibility index (Phi) is 4.13. The third kappa shape index (κ3) is 3.35. The molecule has 2 aliphatic rings. The van der Waals surface area contributed by atoms with E-state index >= 15 is 0 Å². The van der Waals surface area contributed by atoms with Crippen molar-refractivity contribution in [1.82, 2.24) is 15.1 Å². The van der Waals surface area contributed by atoms with Gasteiger partial charge in [0, 0.05) is 19.0 Å². The predicted octanol–water partition coefficient (Wildman–Crippen LogP) is 1.60. The summed E-state index contributed by atoms with van der Waals surface area (Å²) >= 11 is 0. The molecule has 7 nitrogen and oxygen atoms in total. The van der Waals surface area contributed by atoms with Crippen LogP contribution in [0.15, 0.2) is 36.4 Å². The molecular formula is C18H19N3O4. The van der Waals surface area contributed by atoms with E-state index < -0.39 is 6.10 Å². The van der Waals surface area contributed by atoms with Crippen molar-refractivity contribution < 1.29 is 19.0 Å². The number of hydrogen-bond donors (Lipinski definition) is 0. The Balaban J connectivity index is 1.35. The summed E-state index contributed by atoms with van der Waals surface area (Å²) in [6.45, 7) is 3.23. The standard InChI is InChI=1S/C18H19N3O4/c1-12-6-7-17(20-19-12)24-13-8-9-21(10-13)18(22)16-11-23-14-4-2-3-5-15(14)25-16/h2-7,13,16H,8-11H2,1H3/t13-,16+/m0/s1. The lowest BCUT2D eigenvalue weighted by Crippen LogP contribution is -2.46. The molecule has 3 heterocycles. The van der Waals surface area contributed by atoms with E-state index in [9.17, 15) is 4.79 Å². The first kappa shape index (κ1) is 15.7. The van der Waals surface area contributed by atoms with Crippen LogP contribution in [0.25, 0.3) is 0 Å². The van der Waals surface area contributed by atoms with Crippen LogP contribution in [0, 0.1) is 6.92 Å². The summed E-state index contributed by atoms with van der Waals surface area (Å²) in [6.07, 6.45) is 0.0522. The molecule has 0 bridgehead atoms. The number of amides is 1. The minimum absolute atomic E-state index is 0.0735. The molecule has 2 atom stereocenters. The van der Waals surface area contributed by atoms with Crippen LogP contribution >= 0.6 is 0 Å². The number of aryl methyl sites for hydroxylation is 1. The van der Waals surface area contributed by atoms with Crippen LogP contribution in [0.5, 0.6) is 17.4 Å². The van der Waals surface area contributed by atoms with Gasteiger partial charge >= 0.3 is 0 Å². The molecule has 7 heteroatoms. The van der Waals surface area contributed by atoms with Crippen LogP contribution in [-0.4, -0.2) is 52.9 Å². The topological polar surface area (TPSA) is 73.8 Å². The van der Waals surface area contributed by atoms with Crippen molar-refractivity contribution in [3.8, 4) is 17.4 Å². The lowest BCUT2D eigenvalue weighted by molar-refractivity contribution is -0.140. The predicted molar refractivity (Wildman–Crippen MR) is 88.7 cm³/mol. The molecule has 1 amide bonds. The van der Waals surface area contributed by atoms with E-state index in [2.05, 4.69) is 10.2 Å². The van der Waals surface area contributed by atoms with Crippen molar-refractivity contribution in [2.24, 2.45) is 0 Å². The number of rotatable bonds is 3. The van der Waals surface area contributed by atoms with Gasteiger partial charge in [0.05, 0.1) is 12.2 Å². The van der Waals surface area contributed by atoms with Crippen LogP contribution in [0.2, 0.25) is 0 Å². The summed E-state index contributed by atoms with van der Waals surface area (Å²) in [6, 6.07) is 11.0. The van der Waals surface area contributed by atoms with Crippen LogP contribution in [0.4, 0.5) is 0 Å². The smallest absolute Gasteiger partial charge is 0.267 e. The summed E-state index contributed by atoms with van der Waals surface area (Å²) in [7, 11) is 0. The van der Waals surface area contributed by atoms with E-state index in [4.69, 9.17) is 14.2 Å². The summed E-state index contributed by atoms with van der Waals surface area (Å²) < 4.78 is 17.2. The lowest BCUT2D eigenvalue weighted by atomic mass is 10.2. The molecule has 0 unspecified atom stereocenters. The second-order valence-corrected chi connectivity index (χ2v) is 6.19. The fraction of sp³-hybridized carbons (Fsp3) is 0.389. The molecule has 2 aliphatic heterocycles. The maximum atomic E-state index is 12.7. The van der Waals surface area contributed by atoms with Crippen molar-refractivity contribution in [2.45, 2.75) is 25.6 Å². The van der Waals surface area contributed by atoms with Crippen molar-refractivity contribution in [2.75, 3.05) is 19.7 Å². The number of hydrogen-bond acceptors (Lipinski definition) is 6. The molecule has 0 N–H and O–H groups in total. The Morgan fingerprint density at radius 2 is 2.04 bits per heavy atom. The van der Waals surface area contributed by atoms with Gasteiger partial charge in [0.2, 0.25) is 12.0 Å². The molecule has 0 radical (unpaired) electrons. The molecule has 1 aromatic heterocycles. The van der Waals surface area contributed by atoms with E-state index in [1.165, 1.54) is 0 Å². The summed E-state index contributed by atoms with van der Waals surface area (Å²) in [5, 5.41) is 7.98. The van der Waals surface area contributed by atoms with Gasteiger partial charge in [0.25, 0.3) is 5.91 Å². The number of ether oxygens (including phenoxy) is 3. The first-order valence-corrected chi connectivity index (χ1v) is 8.33. The highest BCUT2D eigenvalue weighted by molar-refractivity contribution is 5.82. The molecule has 1 fully saturated rings. The van der Waals surface area contributed by atoms with Crippen molar-refractivity contribution >= 4 is 5.91 Å². The van der Waals surface area contributed by atoms with Gasteiger partial charge < -0.3 is 19.1 Å². The minimum atomic E-state index is -0.618. The zero-order chi connectivity index (χ0) is 17.2. The first-order chi connectivity index (χ1) is 12.2. The van der Waals surface area contributed by atoms with E-state index in [1.807, 2.05) is 31.2 Å². The van der Waals surface area contributed by atoms with Crippen LogP contribution < -0.4 is 14.2 Å². The molecule has 0 spiro atoms. The van der Waals surface area contributed by atoms with Gasteiger partial charge in [-0.25, -0.2) is 0 Å². The Morgan fingerprint density at radius 3 is 2.84 bits per heavy atom. The number of fused-ring (bicyclic) bond motifs is 1. The molecule has 130 valence electrons. The van der Waals surface area contributed by atoms with Gasteiger partial charge in [-0.05, 0) is 25.1 Å². The Bertz CT molecular complexity index is 765. The van der Waals surface area contributed by atoms with Crippen LogP contribution in [-0.2, 0) is 4.79 Å². The Morgan fingerprint density at radius 1 is 1.20 bits per heavy atom. The molecule has 25 heavy (non-hydrogen) atoms. The number of para-hydroxylation sites is 2. The second-order valence-electron chi connectivity index (χ2n) is 6.19. The van der Waals surface area contributed by atoms with Gasteiger partial charge in [-0.2, -0.15) is 5.10 Å². The van der Waals surface area contributed by atoms with Gasteiger partial charge in [0.15, 0.2) is 11.5 Å². The number of carbonyl (C=O) groups is 1.